The van der Waals surface area contributed by atoms with Crippen molar-refractivity contribution >= 4 is 17.7 Å². The van der Waals surface area contributed by atoms with E-state index in [-0.39, 0.29) is 29.2 Å². The number of nitrogens with one attached hydrogen (secondary N) is 3. The van der Waals surface area contributed by atoms with Crippen molar-refractivity contribution < 1.29 is 23.5 Å². The van der Waals surface area contributed by atoms with Gasteiger partial charge in [0.15, 0.2) is 5.76 Å². The van der Waals surface area contributed by atoms with Crippen molar-refractivity contribution in [1.82, 2.24) is 25.9 Å². The zero-order valence-corrected chi connectivity index (χ0v) is 19.3. The van der Waals surface area contributed by atoms with Gasteiger partial charge in [0, 0.05) is 38.6 Å². The number of rotatable bonds is 8. The van der Waals surface area contributed by atoms with Gasteiger partial charge in [-0.15, -0.1) is 0 Å². The van der Waals surface area contributed by atoms with E-state index in [0.717, 1.165) is 11.1 Å². The van der Waals surface area contributed by atoms with Crippen LogP contribution >= 0.6 is 0 Å². The highest BCUT2D eigenvalue weighted by molar-refractivity contribution is 5.96. The lowest BCUT2D eigenvalue weighted by molar-refractivity contribution is -0.124. The van der Waals surface area contributed by atoms with E-state index in [2.05, 4.69) is 25.9 Å². The van der Waals surface area contributed by atoms with Gasteiger partial charge in [0.05, 0.1) is 0 Å². The molecule has 10 nitrogen and oxygen atoms in total. The van der Waals surface area contributed by atoms with Gasteiger partial charge >= 0.3 is 0 Å². The molecule has 0 saturated carbocycles. The first-order chi connectivity index (χ1) is 17.0. The molecule has 2 aromatic heterocycles. The molecule has 3 aromatic rings. The van der Waals surface area contributed by atoms with Gasteiger partial charge in [-0.25, -0.2) is 9.97 Å². The maximum absolute atomic E-state index is 12.9. The Bertz CT molecular complexity index is 1170. The van der Waals surface area contributed by atoms with Crippen LogP contribution in [0.2, 0.25) is 0 Å². The van der Waals surface area contributed by atoms with Crippen molar-refractivity contribution in [2.24, 2.45) is 5.92 Å². The van der Waals surface area contributed by atoms with Crippen molar-refractivity contribution in [1.29, 1.82) is 0 Å². The summed E-state index contributed by atoms with van der Waals surface area (Å²) < 4.78 is 11.2. The number of aromatic nitrogens is 2. The molecule has 3 heterocycles. The van der Waals surface area contributed by atoms with E-state index in [0.29, 0.717) is 38.4 Å². The summed E-state index contributed by atoms with van der Waals surface area (Å²) in [4.78, 5) is 45.2. The molecule has 35 heavy (non-hydrogen) atoms. The Labute approximate surface area is 202 Å². The molecular weight excluding hydrogens is 450 g/mol. The number of amides is 3. The number of ether oxygens (including phenoxy) is 1. The second kappa shape index (κ2) is 11.4. The Balaban J connectivity index is 1.41. The van der Waals surface area contributed by atoms with Crippen LogP contribution in [-0.2, 0) is 16.1 Å². The lowest BCUT2D eigenvalue weighted by atomic mass is 9.91. The van der Waals surface area contributed by atoms with E-state index < -0.39 is 11.9 Å². The minimum Gasteiger partial charge on any atom is -0.451 e. The van der Waals surface area contributed by atoms with Crippen molar-refractivity contribution in [3.8, 4) is 11.3 Å². The summed E-state index contributed by atoms with van der Waals surface area (Å²) in [5, 5.41) is 8.26. The second-order valence-corrected chi connectivity index (χ2v) is 8.16. The van der Waals surface area contributed by atoms with Gasteiger partial charge in [0.1, 0.15) is 23.8 Å². The Morgan fingerprint density at radius 3 is 2.66 bits per heavy atom. The second-order valence-electron chi connectivity index (χ2n) is 8.16. The predicted octanol–water partition coefficient (Wildman–Crippen LogP) is 1.94. The first-order valence-corrected chi connectivity index (χ1v) is 11.4. The van der Waals surface area contributed by atoms with E-state index in [1.165, 1.54) is 18.6 Å². The van der Waals surface area contributed by atoms with Gasteiger partial charge in [0.2, 0.25) is 5.91 Å². The van der Waals surface area contributed by atoms with Crippen molar-refractivity contribution in [2.75, 3.05) is 20.3 Å². The van der Waals surface area contributed by atoms with Crippen LogP contribution in [0.3, 0.4) is 0 Å². The average molecular weight is 478 g/mol. The lowest BCUT2D eigenvalue weighted by Gasteiger charge is -2.29. The molecule has 182 valence electrons. The lowest BCUT2D eigenvalue weighted by Crippen LogP contribution is -2.51. The van der Waals surface area contributed by atoms with Gasteiger partial charge in [-0.1, -0.05) is 18.2 Å². The molecule has 0 bridgehead atoms. The molecular formula is C25H27N5O5. The first-order valence-electron chi connectivity index (χ1n) is 11.4. The van der Waals surface area contributed by atoms with Gasteiger partial charge in [-0.2, -0.15) is 0 Å². The van der Waals surface area contributed by atoms with Crippen LogP contribution in [0.1, 0.15) is 39.4 Å². The summed E-state index contributed by atoms with van der Waals surface area (Å²) in [7, 11) is 1.55. The molecule has 10 heteroatoms. The molecule has 1 aliphatic heterocycles. The number of hydrogen-bond acceptors (Lipinski definition) is 7. The molecule has 3 amide bonds. The number of benzene rings is 1. The first kappa shape index (κ1) is 24.1. The van der Waals surface area contributed by atoms with Crippen LogP contribution in [0.5, 0.6) is 0 Å². The quantitative estimate of drug-likeness (QED) is 0.451. The fourth-order valence-corrected chi connectivity index (χ4v) is 3.96. The van der Waals surface area contributed by atoms with Crippen molar-refractivity contribution in [3.05, 3.63) is 72.0 Å². The van der Waals surface area contributed by atoms with E-state index in [4.69, 9.17) is 9.15 Å². The SMILES string of the molecule is CNC(=O)[C@@H](NC(=O)c1ccc(-c2cccc(CNC(=O)c3ccncn3)c2)o1)C1CCOCC1. The van der Waals surface area contributed by atoms with E-state index in [1.54, 1.807) is 19.2 Å². The monoisotopic (exact) mass is 477 g/mol. The van der Waals surface area contributed by atoms with E-state index >= 15 is 0 Å². The van der Waals surface area contributed by atoms with Gasteiger partial charge < -0.3 is 25.1 Å². The summed E-state index contributed by atoms with van der Waals surface area (Å²) in [6.45, 7) is 1.42. The van der Waals surface area contributed by atoms with Crippen molar-refractivity contribution in [3.63, 3.8) is 0 Å². The number of carbonyl (C=O) groups excluding carboxylic acids is 3. The zero-order chi connectivity index (χ0) is 24.6. The highest BCUT2D eigenvalue weighted by atomic mass is 16.5. The summed E-state index contributed by atoms with van der Waals surface area (Å²) in [6.07, 6.45) is 4.22. The summed E-state index contributed by atoms with van der Waals surface area (Å²) >= 11 is 0. The molecule has 0 aliphatic carbocycles. The number of furan rings is 1. The summed E-state index contributed by atoms with van der Waals surface area (Å²) in [5.74, 6) is -0.384. The van der Waals surface area contributed by atoms with Crippen LogP contribution in [0.15, 0.2) is 59.4 Å². The highest BCUT2D eigenvalue weighted by Crippen LogP contribution is 2.24. The number of carbonyl (C=O) groups is 3. The number of nitrogens with zero attached hydrogens (tertiary/aromatic N) is 2. The van der Waals surface area contributed by atoms with Crippen LogP contribution in [0, 0.1) is 5.92 Å². The minimum atomic E-state index is -0.660. The van der Waals surface area contributed by atoms with Gasteiger partial charge in [-0.3, -0.25) is 14.4 Å². The molecule has 0 spiro atoms. The Morgan fingerprint density at radius 2 is 1.91 bits per heavy atom. The minimum absolute atomic E-state index is 0.00340. The summed E-state index contributed by atoms with van der Waals surface area (Å²) in [6, 6.07) is 11.6. The normalized spacial score (nSPS) is 14.7. The van der Waals surface area contributed by atoms with E-state index in [9.17, 15) is 14.4 Å². The van der Waals surface area contributed by atoms with Crippen LogP contribution in [-0.4, -0.2) is 54.0 Å². The standard InChI is InChI=1S/C25H27N5O5/c1-26-25(33)22(17-8-11-34-12-9-17)30-24(32)21-6-5-20(35-21)18-4-2-3-16(13-18)14-28-23(31)19-7-10-27-15-29-19/h2-7,10,13,15,17,22H,8-9,11-12,14H2,1H3,(H,26,33)(H,28,31)(H,30,32)/t22-/m0/s1. The van der Waals surface area contributed by atoms with E-state index in [1.807, 2.05) is 24.3 Å². The molecule has 0 unspecified atom stereocenters. The Kier molecular flexibility index (Phi) is 7.84. The smallest absolute Gasteiger partial charge is 0.287 e. The molecule has 1 atom stereocenters. The Hall–Kier alpha value is -4.05. The maximum atomic E-state index is 12.9. The molecule has 4 rings (SSSR count). The predicted molar refractivity (Wildman–Crippen MR) is 126 cm³/mol. The molecule has 0 radical (unpaired) electrons. The number of hydrogen-bond donors (Lipinski definition) is 3. The third-order valence-electron chi connectivity index (χ3n) is 5.86. The fraction of sp³-hybridized carbons (Fsp3) is 0.320. The molecule has 3 N–H and O–H groups in total. The van der Waals surface area contributed by atoms with Crippen LogP contribution in [0.4, 0.5) is 0 Å². The van der Waals surface area contributed by atoms with Gasteiger partial charge in [-0.05, 0) is 48.6 Å². The van der Waals surface area contributed by atoms with Crippen molar-refractivity contribution in [2.45, 2.75) is 25.4 Å². The maximum Gasteiger partial charge on any atom is 0.287 e. The molecule has 1 saturated heterocycles. The third kappa shape index (κ3) is 6.10. The highest BCUT2D eigenvalue weighted by Gasteiger charge is 2.31. The largest absolute Gasteiger partial charge is 0.451 e. The number of likely N-dealkylation sites (N-methyl/N-ethyl adjacent to an activating group) is 1. The van der Waals surface area contributed by atoms with Crippen LogP contribution in [0.25, 0.3) is 11.3 Å². The summed E-state index contributed by atoms with van der Waals surface area (Å²) in [5.41, 5.74) is 1.89. The average Bonchev–Trinajstić information content (AvgIpc) is 3.42. The van der Waals surface area contributed by atoms with Gasteiger partial charge in [0.25, 0.3) is 11.8 Å². The molecule has 1 fully saturated rings. The molecule has 1 aliphatic rings. The molecule has 1 aromatic carbocycles. The van der Waals surface area contributed by atoms with Crippen LogP contribution < -0.4 is 16.0 Å². The third-order valence-corrected chi connectivity index (χ3v) is 5.86. The topological polar surface area (TPSA) is 135 Å². The Morgan fingerprint density at radius 1 is 1.09 bits per heavy atom. The fourth-order valence-electron chi connectivity index (χ4n) is 3.96. The zero-order valence-electron chi connectivity index (χ0n) is 19.3.